The zero-order chi connectivity index (χ0) is 18.7. The van der Waals surface area contributed by atoms with Gasteiger partial charge in [-0.3, -0.25) is 0 Å². The number of nitrogens with zero attached hydrogens (tertiary/aromatic N) is 2. The Morgan fingerprint density at radius 3 is 2.69 bits per heavy atom. The van der Waals surface area contributed by atoms with E-state index in [1.165, 1.54) is 0 Å². The van der Waals surface area contributed by atoms with Gasteiger partial charge in [-0.05, 0) is 51.3 Å². The minimum atomic E-state index is -3.53. The van der Waals surface area contributed by atoms with Gasteiger partial charge in [0.05, 0.1) is 10.9 Å². The van der Waals surface area contributed by atoms with Crippen LogP contribution in [0.4, 0.5) is 5.82 Å². The highest BCUT2D eigenvalue weighted by Crippen LogP contribution is 2.39. The maximum atomic E-state index is 13.2. The lowest BCUT2D eigenvalue weighted by Gasteiger charge is -2.26. The van der Waals surface area contributed by atoms with Crippen molar-refractivity contribution in [2.24, 2.45) is 0 Å². The van der Waals surface area contributed by atoms with Crippen molar-refractivity contribution in [2.45, 2.75) is 57.0 Å². The quantitative estimate of drug-likeness (QED) is 0.827. The fourth-order valence-corrected chi connectivity index (χ4v) is 5.00. The first-order chi connectivity index (χ1) is 12.4. The van der Waals surface area contributed by atoms with E-state index in [1.807, 2.05) is 31.2 Å². The molecule has 5 nitrogen and oxygen atoms in total. The second kappa shape index (κ2) is 7.76. The molecular weight excluding hydrogens is 346 g/mol. The summed E-state index contributed by atoms with van der Waals surface area (Å²) >= 11 is 0. The lowest BCUT2D eigenvalue weighted by atomic mass is 10.1. The van der Waals surface area contributed by atoms with Gasteiger partial charge in [0.1, 0.15) is 5.82 Å². The molecular formula is C20H27N3O2S. The van der Waals surface area contributed by atoms with E-state index in [0.717, 1.165) is 36.2 Å². The van der Waals surface area contributed by atoms with Crippen molar-refractivity contribution in [3.63, 3.8) is 0 Å². The Hall–Kier alpha value is -1.92. The molecule has 0 radical (unpaired) electrons. The molecule has 0 spiro atoms. The van der Waals surface area contributed by atoms with Crippen LogP contribution in [0, 0.1) is 6.92 Å². The van der Waals surface area contributed by atoms with Gasteiger partial charge >= 0.3 is 0 Å². The molecule has 0 amide bonds. The number of benzene rings is 1. The van der Waals surface area contributed by atoms with Crippen LogP contribution in [0.15, 0.2) is 47.5 Å². The fourth-order valence-electron chi connectivity index (χ4n) is 3.33. The third-order valence-corrected chi connectivity index (χ3v) is 6.95. The van der Waals surface area contributed by atoms with E-state index in [2.05, 4.69) is 24.1 Å². The summed E-state index contributed by atoms with van der Waals surface area (Å²) in [5.41, 5.74) is 2.01. The van der Waals surface area contributed by atoms with Crippen molar-refractivity contribution in [3.8, 4) is 0 Å². The second-order valence-electron chi connectivity index (χ2n) is 6.98. The van der Waals surface area contributed by atoms with Gasteiger partial charge in [-0.25, -0.2) is 13.4 Å². The Morgan fingerprint density at radius 2 is 2.00 bits per heavy atom. The van der Waals surface area contributed by atoms with Gasteiger partial charge in [-0.1, -0.05) is 30.7 Å². The van der Waals surface area contributed by atoms with Crippen molar-refractivity contribution in [1.82, 2.24) is 9.29 Å². The predicted molar refractivity (Wildman–Crippen MR) is 105 cm³/mol. The molecule has 2 unspecified atom stereocenters. The van der Waals surface area contributed by atoms with Crippen LogP contribution in [0.2, 0.25) is 0 Å². The Kier molecular flexibility index (Phi) is 5.63. The average Bonchev–Trinajstić information content (AvgIpc) is 3.13. The number of anilines is 1. The molecule has 0 bridgehead atoms. The SMILES string of the molecule is CCC(C)Nc1ncccc1C1CCCN1S(=O)(=O)c1ccc(C)cc1. The van der Waals surface area contributed by atoms with E-state index in [1.54, 1.807) is 22.6 Å². The molecule has 0 aliphatic carbocycles. The summed E-state index contributed by atoms with van der Waals surface area (Å²) in [7, 11) is -3.53. The Labute approximate surface area is 156 Å². The van der Waals surface area contributed by atoms with Gasteiger partial charge in [0, 0.05) is 24.3 Å². The number of pyridine rings is 1. The van der Waals surface area contributed by atoms with Crippen LogP contribution in [0.5, 0.6) is 0 Å². The molecule has 1 saturated heterocycles. The molecule has 2 aromatic rings. The van der Waals surface area contributed by atoms with E-state index >= 15 is 0 Å². The Bertz CT molecular complexity index is 850. The molecule has 2 heterocycles. The number of rotatable bonds is 6. The average molecular weight is 374 g/mol. The molecule has 1 aromatic carbocycles. The lowest BCUT2D eigenvalue weighted by molar-refractivity contribution is 0.396. The highest BCUT2D eigenvalue weighted by atomic mass is 32.2. The van der Waals surface area contributed by atoms with E-state index in [4.69, 9.17) is 0 Å². The van der Waals surface area contributed by atoms with Crippen LogP contribution in [0.3, 0.4) is 0 Å². The first-order valence-electron chi connectivity index (χ1n) is 9.23. The molecule has 2 atom stereocenters. The Balaban J connectivity index is 1.95. The summed E-state index contributed by atoms with van der Waals surface area (Å²) in [6.07, 6.45) is 4.40. The van der Waals surface area contributed by atoms with Crippen LogP contribution >= 0.6 is 0 Å². The zero-order valence-electron chi connectivity index (χ0n) is 15.6. The molecule has 1 fully saturated rings. The van der Waals surface area contributed by atoms with Gasteiger partial charge in [-0.15, -0.1) is 0 Å². The zero-order valence-corrected chi connectivity index (χ0v) is 16.5. The third kappa shape index (κ3) is 3.76. The van der Waals surface area contributed by atoms with Gasteiger partial charge in [-0.2, -0.15) is 4.31 Å². The molecule has 1 aliphatic rings. The highest BCUT2D eigenvalue weighted by molar-refractivity contribution is 7.89. The van der Waals surface area contributed by atoms with Crippen molar-refractivity contribution < 1.29 is 8.42 Å². The maximum Gasteiger partial charge on any atom is 0.243 e. The van der Waals surface area contributed by atoms with Crippen LogP contribution in [0.25, 0.3) is 0 Å². The van der Waals surface area contributed by atoms with Crippen molar-refractivity contribution in [3.05, 3.63) is 53.7 Å². The molecule has 6 heteroatoms. The predicted octanol–water partition coefficient (Wildman–Crippen LogP) is 4.13. The van der Waals surface area contributed by atoms with Crippen LogP contribution in [0.1, 0.15) is 50.3 Å². The van der Waals surface area contributed by atoms with E-state index in [-0.39, 0.29) is 12.1 Å². The van der Waals surface area contributed by atoms with Crippen LogP contribution in [-0.4, -0.2) is 30.3 Å². The molecule has 0 saturated carbocycles. The first kappa shape index (κ1) is 18.9. The number of nitrogens with one attached hydrogen (secondary N) is 1. The van der Waals surface area contributed by atoms with Crippen molar-refractivity contribution in [2.75, 3.05) is 11.9 Å². The summed E-state index contributed by atoms with van der Waals surface area (Å²) in [6.45, 7) is 6.72. The summed E-state index contributed by atoms with van der Waals surface area (Å²) in [4.78, 5) is 4.84. The van der Waals surface area contributed by atoms with Crippen molar-refractivity contribution in [1.29, 1.82) is 0 Å². The highest BCUT2D eigenvalue weighted by Gasteiger charge is 2.37. The van der Waals surface area contributed by atoms with Gasteiger partial charge in [0.25, 0.3) is 0 Å². The summed E-state index contributed by atoms with van der Waals surface area (Å²) in [5.74, 6) is 0.790. The van der Waals surface area contributed by atoms with Gasteiger partial charge < -0.3 is 5.32 Å². The summed E-state index contributed by atoms with van der Waals surface area (Å²) < 4.78 is 28.0. The van der Waals surface area contributed by atoms with Gasteiger partial charge in [0.2, 0.25) is 10.0 Å². The first-order valence-corrected chi connectivity index (χ1v) is 10.7. The molecule has 1 N–H and O–H groups in total. The molecule has 140 valence electrons. The maximum absolute atomic E-state index is 13.2. The standard InChI is InChI=1S/C20H27N3O2S/c1-4-16(3)22-20-18(7-5-13-21-20)19-8-6-14-23(19)26(24,25)17-11-9-15(2)10-12-17/h5,7,9-13,16,19H,4,6,8,14H2,1-3H3,(H,21,22). The molecule has 1 aliphatic heterocycles. The van der Waals surface area contributed by atoms with E-state index < -0.39 is 10.0 Å². The molecule has 1 aromatic heterocycles. The second-order valence-corrected chi connectivity index (χ2v) is 8.87. The Morgan fingerprint density at radius 1 is 1.27 bits per heavy atom. The minimum absolute atomic E-state index is 0.179. The molecule has 3 rings (SSSR count). The minimum Gasteiger partial charge on any atom is -0.367 e. The third-order valence-electron chi connectivity index (χ3n) is 5.02. The normalized spacial score (nSPS) is 19.4. The number of hydrogen-bond acceptors (Lipinski definition) is 4. The topological polar surface area (TPSA) is 62.3 Å². The fraction of sp³-hybridized carbons (Fsp3) is 0.450. The van der Waals surface area contributed by atoms with E-state index in [9.17, 15) is 8.42 Å². The van der Waals surface area contributed by atoms with Crippen molar-refractivity contribution >= 4 is 15.8 Å². The van der Waals surface area contributed by atoms with Crippen LogP contribution in [-0.2, 0) is 10.0 Å². The monoisotopic (exact) mass is 373 g/mol. The number of hydrogen-bond donors (Lipinski definition) is 1. The summed E-state index contributed by atoms with van der Waals surface area (Å²) in [6, 6.07) is 11.1. The molecule has 26 heavy (non-hydrogen) atoms. The smallest absolute Gasteiger partial charge is 0.243 e. The number of aromatic nitrogens is 1. The number of aryl methyl sites for hydroxylation is 1. The van der Waals surface area contributed by atoms with Gasteiger partial charge in [0.15, 0.2) is 0 Å². The lowest BCUT2D eigenvalue weighted by Crippen LogP contribution is -2.31. The van der Waals surface area contributed by atoms with Crippen LogP contribution < -0.4 is 5.32 Å². The number of sulfonamides is 1. The van der Waals surface area contributed by atoms with E-state index in [0.29, 0.717) is 11.4 Å². The summed E-state index contributed by atoms with van der Waals surface area (Å²) in [5, 5.41) is 3.42. The largest absolute Gasteiger partial charge is 0.367 e.